The van der Waals surface area contributed by atoms with E-state index in [1.54, 1.807) is 30.1 Å². The Bertz CT molecular complexity index is 1200. The third-order valence-electron chi connectivity index (χ3n) is 5.93. The Morgan fingerprint density at radius 3 is 2.84 bits per heavy atom. The van der Waals surface area contributed by atoms with Crippen LogP contribution < -0.4 is 10.6 Å². The minimum Gasteiger partial charge on any atom is -0.392 e. The van der Waals surface area contributed by atoms with Crippen LogP contribution in [0.1, 0.15) is 33.9 Å². The Kier molecular flexibility index (Phi) is 6.40. The highest BCUT2D eigenvalue weighted by Gasteiger charge is 2.28. The van der Waals surface area contributed by atoms with E-state index in [9.17, 15) is 19.5 Å². The maximum absolute atomic E-state index is 13.2. The first-order valence-electron chi connectivity index (χ1n) is 10.5. The number of nitrogens with one attached hydrogen (secondary N) is 1. The summed E-state index contributed by atoms with van der Waals surface area (Å²) in [5.74, 6) is -0.606. The molecule has 8 nitrogen and oxygen atoms in total. The number of aromatic amines is 1. The highest BCUT2D eigenvalue weighted by atomic mass is 32.1. The molecule has 168 valence electrons. The van der Waals surface area contributed by atoms with Crippen LogP contribution >= 0.6 is 11.3 Å². The number of carbonyl (C=O) groups is 2. The average molecular weight is 455 g/mol. The van der Waals surface area contributed by atoms with Gasteiger partial charge in [0.25, 0.3) is 0 Å². The number of aliphatic hydroxyl groups excluding tert-OH is 1. The fourth-order valence-electron chi connectivity index (χ4n) is 4.16. The van der Waals surface area contributed by atoms with Crippen LogP contribution in [0.3, 0.4) is 0 Å². The van der Waals surface area contributed by atoms with Crippen molar-refractivity contribution in [3.63, 3.8) is 0 Å². The van der Waals surface area contributed by atoms with Crippen molar-refractivity contribution in [3.8, 4) is 0 Å². The third-order valence-corrected chi connectivity index (χ3v) is 6.80. The van der Waals surface area contributed by atoms with Gasteiger partial charge in [-0.2, -0.15) is 0 Å². The molecule has 1 aliphatic heterocycles. The Labute approximate surface area is 189 Å². The van der Waals surface area contributed by atoms with E-state index in [0.29, 0.717) is 25.1 Å². The van der Waals surface area contributed by atoms with E-state index >= 15 is 0 Å². The molecule has 1 saturated heterocycles. The average Bonchev–Trinajstić information content (AvgIpc) is 3.35. The predicted molar refractivity (Wildman–Crippen MR) is 124 cm³/mol. The van der Waals surface area contributed by atoms with Crippen molar-refractivity contribution in [1.82, 2.24) is 14.8 Å². The summed E-state index contributed by atoms with van der Waals surface area (Å²) < 4.78 is 0.855. The van der Waals surface area contributed by atoms with Gasteiger partial charge in [-0.25, -0.2) is 0 Å². The lowest BCUT2D eigenvalue weighted by atomic mass is 10.0. The van der Waals surface area contributed by atoms with Gasteiger partial charge in [0.1, 0.15) is 0 Å². The van der Waals surface area contributed by atoms with Gasteiger partial charge in [-0.3, -0.25) is 19.3 Å². The molecule has 1 aromatic heterocycles. The van der Waals surface area contributed by atoms with Gasteiger partial charge in [-0.15, -0.1) is 0 Å². The van der Waals surface area contributed by atoms with Crippen molar-refractivity contribution in [2.24, 2.45) is 5.73 Å². The van der Waals surface area contributed by atoms with Crippen molar-refractivity contribution < 1.29 is 14.7 Å². The summed E-state index contributed by atoms with van der Waals surface area (Å²) in [6.07, 6.45) is 0.511. The molecule has 0 spiro atoms. The molecule has 2 atom stereocenters. The zero-order valence-electron chi connectivity index (χ0n) is 17.8. The maximum Gasteiger partial charge on any atom is 0.305 e. The van der Waals surface area contributed by atoms with Gasteiger partial charge in [-0.1, -0.05) is 29.5 Å². The van der Waals surface area contributed by atoms with Gasteiger partial charge >= 0.3 is 4.87 Å². The first-order chi connectivity index (χ1) is 15.3. The van der Waals surface area contributed by atoms with E-state index in [4.69, 9.17) is 5.73 Å². The number of likely N-dealkylation sites (N-methyl/N-ethyl adjacent to an activating group) is 1. The molecule has 0 saturated carbocycles. The lowest BCUT2D eigenvalue weighted by Crippen LogP contribution is -2.39. The number of primary amides is 1. The number of H-pyrrole nitrogens is 1. The third kappa shape index (κ3) is 4.90. The number of thiazole rings is 1. The second-order valence-corrected chi connectivity index (χ2v) is 9.25. The molecule has 0 bridgehead atoms. The standard InChI is InChI=1S/C23H26N4O4S/c1-26(21(29)10-14-5-6-20-18(9-14)25-23(31)32-20)19(13-27-8-7-17(28)12-27)15-3-2-4-16(11-15)22(24)30/h2-6,9,11,17,19,28H,7-8,10,12-13H2,1H3,(H2,24,30)(H,25,31)/t17-,19-/m1/s1. The number of hydrogen-bond acceptors (Lipinski definition) is 6. The zero-order valence-corrected chi connectivity index (χ0v) is 18.6. The Morgan fingerprint density at radius 2 is 2.12 bits per heavy atom. The fourth-order valence-corrected chi connectivity index (χ4v) is 4.87. The quantitative estimate of drug-likeness (QED) is 0.500. The predicted octanol–water partition coefficient (Wildman–Crippen LogP) is 1.50. The summed E-state index contributed by atoms with van der Waals surface area (Å²) in [6.45, 7) is 1.84. The van der Waals surface area contributed by atoms with E-state index in [1.807, 2.05) is 24.3 Å². The largest absolute Gasteiger partial charge is 0.392 e. The van der Waals surface area contributed by atoms with Crippen LogP contribution in [0, 0.1) is 0 Å². The van der Waals surface area contributed by atoms with Crippen LogP contribution in [0.2, 0.25) is 0 Å². The normalized spacial score (nSPS) is 17.5. The minimum atomic E-state index is -0.519. The molecule has 1 aliphatic rings. The first-order valence-corrected chi connectivity index (χ1v) is 11.3. The van der Waals surface area contributed by atoms with Crippen LogP contribution in [0.25, 0.3) is 10.2 Å². The number of aromatic nitrogens is 1. The van der Waals surface area contributed by atoms with Gasteiger partial charge in [-0.05, 0) is 41.8 Å². The van der Waals surface area contributed by atoms with Crippen LogP contribution in [0.15, 0.2) is 47.3 Å². The number of rotatable bonds is 7. The van der Waals surface area contributed by atoms with Crippen molar-refractivity contribution in [2.75, 3.05) is 26.7 Å². The maximum atomic E-state index is 13.2. The number of hydrogen-bond donors (Lipinski definition) is 3. The molecule has 4 rings (SSSR count). The smallest absolute Gasteiger partial charge is 0.305 e. The number of nitrogens with zero attached hydrogens (tertiary/aromatic N) is 2. The summed E-state index contributed by atoms with van der Waals surface area (Å²) >= 11 is 1.14. The van der Waals surface area contributed by atoms with Gasteiger partial charge < -0.3 is 20.7 Å². The van der Waals surface area contributed by atoms with Crippen LogP contribution in [0.4, 0.5) is 0 Å². The minimum absolute atomic E-state index is 0.0869. The molecule has 2 amide bonds. The summed E-state index contributed by atoms with van der Waals surface area (Å²) in [6, 6.07) is 12.3. The molecule has 0 aliphatic carbocycles. The number of nitrogens with two attached hydrogens (primary N) is 1. The summed E-state index contributed by atoms with van der Waals surface area (Å²) in [5.41, 5.74) is 8.21. The van der Waals surface area contributed by atoms with Crippen LogP contribution in [0.5, 0.6) is 0 Å². The highest BCUT2D eigenvalue weighted by Crippen LogP contribution is 2.25. The topological polar surface area (TPSA) is 120 Å². The summed E-state index contributed by atoms with van der Waals surface area (Å²) in [5, 5.41) is 9.92. The van der Waals surface area contributed by atoms with E-state index in [-0.39, 0.29) is 29.3 Å². The molecule has 9 heteroatoms. The fraction of sp³-hybridized carbons (Fsp3) is 0.348. The van der Waals surface area contributed by atoms with Gasteiger partial charge in [0.05, 0.1) is 28.8 Å². The Hall–Kier alpha value is -3.01. The molecule has 4 N–H and O–H groups in total. The molecular formula is C23H26N4O4S. The number of fused-ring (bicyclic) bond motifs is 1. The molecule has 32 heavy (non-hydrogen) atoms. The number of carbonyl (C=O) groups excluding carboxylic acids is 2. The molecule has 3 aromatic rings. The second-order valence-electron chi connectivity index (χ2n) is 8.23. The number of aliphatic hydroxyl groups is 1. The number of likely N-dealkylation sites (tertiary alicyclic amines) is 1. The number of amides is 2. The number of benzene rings is 2. The van der Waals surface area contributed by atoms with Gasteiger partial charge in [0, 0.05) is 32.2 Å². The Morgan fingerprint density at radius 1 is 1.31 bits per heavy atom. The lowest BCUT2D eigenvalue weighted by molar-refractivity contribution is -0.131. The van der Waals surface area contributed by atoms with Gasteiger partial charge in [0.15, 0.2) is 0 Å². The van der Waals surface area contributed by atoms with Crippen molar-refractivity contribution in [2.45, 2.75) is 25.0 Å². The van der Waals surface area contributed by atoms with E-state index in [2.05, 4.69) is 9.88 Å². The van der Waals surface area contributed by atoms with Crippen LogP contribution in [-0.2, 0) is 11.2 Å². The SMILES string of the molecule is CN(C(=O)Cc1ccc2sc(=O)[nH]c2c1)[C@H](CN1CC[C@@H](O)C1)c1cccc(C(N)=O)c1. The highest BCUT2D eigenvalue weighted by molar-refractivity contribution is 7.16. The zero-order chi connectivity index (χ0) is 22.8. The molecule has 2 aromatic carbocycles. The molecule has 0 unspecified atom stereocenters. The van der Waals surface area contributed by atoms with Crippen molar-refractivity contribution in [3.05, 3.63) is 68.8 Å². The van der Waals surface area contributed by atoms with Crippen LogP contribution in [-0.4, -0.2) is 64.5 Å². The Balaban J connectivity index is 1.58. The lowest BCUT2D eigenvalue weighted by Gasteiger charge is -2.32. The van der Waals surface area contributed by atoms with Crippen molar-refractivity contribution in [1.29, 1.82) is 0 Å². The van der Waals surface area contributed by atoms with Gasteiger partial charge in [0.2, 0.25) is 11.8 Å². The number of β-amino-alcohol motifs (C(OH)–C–C–N with tert-alkyl or cyclic N) is 1. The molecule has 0 radical (unpaired) electrons. The monoisotopic (exact) mass is 454 g/mol. The molecular weight excluding hydrogens is 428 g/mol. The van der Waals surface area contributed by atoms with E-state index < -0.39 is 5.91 Å². The molecule has 2 heterocycles. The summed E-state index contributed by atoms with van der Waals surface area (Å²) in [4.78, 5) is 43.0. The molecule has 1 fully saturated rings. The summed E-state index contributed by atoms with van der Waals surface area (Å²) in [7, 11) is 1.75. The van der Waals surface area contributed by atoms with E-state index in [1.165, 1.54) is 0 Å². The van der Waals surface area contributed by atoms with E-state index in [0.717, 1.165) is 39.2 Å². The first kappa shape index (κ1) is 22.2. The second kappa shape index (κ2) is 9.23. The van der Waals surface area contributed by atoms with Crippen molar-refractivity contribution >= 4 is 33.4 Å².